The Hall–Kier alpha value is -0.670. The van der Waals surface area contributed by atoms with Crippen LogP contribution in [0.15, 0.2) is 11.4 Å². The van der Waals surface area contributed by atoms with Gasteiger partial charge in [-0.3, -0.25) is 4.79 Å². The minimum atomic E-state index is 0.184. The molecule has 0 aliphatic carbocycles. The molecule has 2 unspecified atom stereocenters. The van der Waals surface area contributed by atoms with Crippen molar-refractivity contribution >= 4 is 17.1 Å². The van der Waals surface area contributed by atoms with Crippen molar-refractivity contribution in [3.05, 3.63) is 21.9 Å². The van der Waals surface area contributed by atoms with E-state index >= 15 is 0 Å². The minimum absolute atomic E-state index is 0.184. The second-order valence-corrected chi connectivity index (χ2v) is 5.01. The number of rotatable bonds is 2. The average Bonchev–Trinajstić information content (AvgIpc) is 2.73. The standard InChI is InChI=1S/C11H15NOS/c1-7-9(3-5-12-7)11(13)10-4-6-14-8(10)2/h4,6-7,9,12H,3,5H2,1-2H3. The molecule has 1 fully saturated rings. The van der Waals surface area contributed by atoms with Crippen molar-refractivity contribution in [2.75, 3.05) is 6.54 Å². The van der Waals surface area contributed by atoms with Crippen LogP contribution in [0.3, 0.4) is 0 Å². The first-order chi connectivity index (χ1) is 6.70. The molecule has 0 bridgehead atoms. The van der Waals surface area contributed by atoms with E-state index < -0.39 is 0 Å². The van der Waals surface area contributed by atoms with Gasteiger partial charge >= 0.3 is 0 Å². The van der Waals surface area contributed by atoms with Crippen LogP contribution in [0.1, 0.15) is 28.6 Å². The number of carbonyl (C=O) groups excluding carboxylic acids is 1. The molecule has 2 atom stereocenters. The third kappa shape index (κ3) is 1.62. The predicted octanol–water partition coefficient (Wildman–Crippen LogP) is 2.24. The van der Waals surface area contributed by atoms with E-state index in [9.17, 15) is 4.79 Å². The summed E-state index contributed by atoms with van der Waals surface area (Å²) < 4.78 is 0. The van der Waals surface area contributed by atoms with Gasteiger partial charge in [-0.1, -0.05) is 0 Å². The van der Waals surface area contributed by atoms with Crippen LogP contribution in [-0.2, 0) is 0 Å². The van der Waals surface area contributed by atoms with Gasteiger partial charge in [-0.2, -0.15) is 0 Å². The van der Waals surface area contributed by atoms with E-state index in [0.717, 1.165) is 23.4 Å². The van der Waals surface area contributed by atoms with Gasteiger partial charge in [-0.05, 0) is 38.3 Å². The summed E-state index contributed by atoms with van der Waals surface area (Å²) in [6.45, 7) is 5.09. The molecule has 1 aromatic heterocycles. The van der Waals surface area contributed by atoms with E-state index in [1.165, 1.54) is 0 Å². The van der Waals surface area contributed by atoms with Gasteiger partial charge in [-0.15, -0.1) is 11.3 Å². The number of Topliss-reactive ketones (excluding diaryl/α,β-unsaturated/α-hetero) is 1. The fraction of sp³-hybridized carbons (Fsp3) is 0.545. The highest BCUT2D eigenvalue weighted by Gasteiger charge is 2.30. The number of aryl methyl sites for hydroxylation is 1. The molecule has 1 N–H and O–H groups in total. The molecule has 0 radical (unpaired) electrons. The van der Waals surface area contributed by atoms with E-state index in [2.05, 4.69) is 12.2 Å². The smallest absolute Gasteiger partial charge is 0.168 e. The van der Waals surface area contributed by atoms with Gasteiger partial charge in [0.2, 0.25) is 0 Å². The first-order valence-electron chi connectivity index (χ1n) is 5.02. The third-order valence-corrected chi connectivity index (χ3v) is 3.83. The molecule has 0 spiro atoms. The molecule has 2 nitrogen and oxygen atoms in total. The number of carbonyl (C=O) groups is 1. The fourth-order valence-corrected chi connectivity index (χ4v) is 2.76. The Bertz CT molecular complexity index is 345. The lowest BCUT2D eigenvalue weighted by molar-refractivity contribution is 0.0914. The normalized spacial score (nSPS) is 26.7. The van der Waals surface area contributed by atoms with Crippen molar-refractivity contribution in [1.82, 2.24) is 5.32 Å². The summed E-state index contributed by atoms with van der Waals surface area (Å²) in [6, 6.07) is 2.29. The topological polar surface area (TPSA) is 29.1 Å². The van der Waals surface area contributed by atoms with Gasteiger partial charge in [0.1, 0.15) is 0 Å². The van der Waals surface area contributed by atoms with Crippen molar-refractivity contribution < 1.29 is 4.79 Å². The van der Waals surface area contributed by atoms with Crippen LogP contribution >= 0.6 is 11.3 Å². The molecule has 1 aliphatic heterocycles. The molecule has 1 saturated heterocycles. The molecule has 3 heteroatoms. The largest absolute Gasteiger partial charge is 0.313 e. The highest BCUT2D eigenvalue weighted by Crippen LogP contribution is 2.24. The Labute approximate surface area is 88.3 Å². The van der Waals surface area contributed by atoms with Crippen molar-refractivity contribution in [2.45, 2.75) is 26.3 Å². The quantitative estimate of drug-likeness (QED) is 0.757. The summed E-state index contributed by atoms with van der Waals surface area (Å²) in [4.78, 5) is 13.3. The third-order valence-electron chi connectivity index (χ3n) is 2.99. The lowest BCUT2D eigenvalue weighted by Crippen LogP contribution is -2.28. The molecule has 0 aromatic carbocycles. The van der Waals surface area contributed by atoms with Gasteiger partial charge in [0.15, 0.2) is 5.78 Å². The van der Waals surface area contributed by atoms with Gasteiger partial charge < -0.3 is 5.32 Å². The molecule has 2 rings (SSSR count). The van der Waals surface area contributed by atoms with E-state index in [1.54, 1.807) is 11.3 Å². The number of nitrogens with one attached hydrogen (secondary N) is 1. The Morgan fingerprint density at radius 3 is 2.93 bits per heavy atom. The molecular formula is C11H15NOS. The zero-order chi connectivity index (χ0) is 10.1. The van der Waals surface area contributed by atoms with Gasteiger partial charge in [0.05, 0.1) is 0 Å². The summed E-state index contributed by atoms with van der Waals surface area (Å²) in [7, 11) is 0. The van der Waals surface area contributed by atoms with Crippen molar-refractivity contribution in [3.8, 4) is 0 Å². The maximum absolute atomic E-state index is 12.1. The summed E-state index contributed by atoms with van der Waals surface area (Å²) in [5, 5.41) is 5.31. The zero-order valence-corrected chi connectivity index (χ0v) is 9.36. The van der Waals surface area contributed by atoms with Gasteiger partial charge in [0, 0.05) is 22.4 Å². The van der Waals surface area contributed by atoms with E-state index in [-0.39, 0.29) is 5.92 Å². The molecule has 14 heavy (non-hydrogen) atoms. The van der Waals surface area contributed by atoms with Gasteiger partial charge in [0.25, 0.3) is 0 Å². The second kappa shape index (κ2) is 3.83. The summed E-state index contributed by atoms with van der Waals surface area (Å²) in [5.41, 5.74) is 0.926. The molecule has 0 amide bonds. The fourth-order valence-electron chi connectivity index (χ4n) is 2.06. The Balaban J connectivity index is 2.20. The summed E-state index contributed by atoms with van der Waals surface area (Å²) >= 11 is 1.65. The molecule has 1 aromatic rings. The van der Waals surface area contributed by atoms with Crippen LogP contribution in [0, 0.1) is 12.8 Å². The first kappa shape index (κ1) is 9.87. The lowest BCUT2D eigenvalue weighted by Gasteiger charge is -2.13. The summed E-state index contributed by atoms with van der Waals surface area (Å²) in [5.74, 6) is 0.504. The van der Waals surface area contributed by atoms with E-state index in [4.69, 9.17) is 0 Å². The Kier molecular flexibility index (Phi) is 2.70. The number of ketones is 1. The van der Waals surface area contributed by atoms with Crippen molar-refractivity contribution in [1.29, 1.82) is 0 Å². The average molecular weight is 209 g/mol. The SMILES string of the molecule is Cc1sccc1C(=O)C1CCNC1C. The molecular weight excluding hydrogens is 194 g/mol. The highest BCUT2D eigenvalue weighted by molar-refractivity contribution is 7.10. The van der Waals surface area contributed by atoms with Crippen LogP contribution in [0.5, 0.6) is 0 Å². The van der Waals surface area contributed by atoms with Crippen LogP contribution < -0.4 is 5.32 Å². The van der Waals surface area contributed by atoms with Crippen LogP contribution in [-0.4, -0.2) is 18.4 Å². The van der Waals surface area contributed by atoms with Crippen LogP contribution in [0.4, 0.5) is 0 Å². The van der Waals surface area contributed by atoms with Crippen molar-refractivity contribution in [2.24, 2.45) is 5.92 Å². The predicted molar refractivity (Wildman–Crippen MR) is 59.0 cm³/mol. The maximum atomic E-state index is 12.1. The molecule has 76 valence electrons. The lowest BCUT2D eigenvalue weighted by atomic mass is 9.92. The maximum Gasteiger partial charge on any atom is 0.168 e. The van der Waals surface area contributed by atoms with Crippen LogP contribution in [0.25, 0.3) is 0 Å². The molecule has 0 saturated carbocycles. The van der Waals surface area contributed by atoms with E-state index in [0.29, 0.717) is 11.8 Å². The van der Waals surface area contributed by atoms with Crippen molar-refractivity contribution in [3.63, 3.8) is 0 Å². The summed E-state index contributed by atoms with van der Waals surface area (Å²) in [6.07, 6.45) is 0.981. The van der Waals surface area contributed by atoms with E-state index in [1.807, 2.05) is 18.4 Å². The van der Waals surface area contributed by atoms with Crippen LogP contribution in [0.2, 0.25) is 0 Å². The monoisotopic (exact) mass is 209 g/mol. The molecule has 2 heterocycles. The molecule has 1 aliphatic rings. The first-order valence-corrected chi connectivity index (χ1v) is 5.90. The highest BCUT2D eigenvalue weighted by atomic mass is 32.1. The zero-order valence-electron chi connectivity index (χ0n) is 8.54. The Morgan fingerprint density at radius 1 is 1.64 bits per heavy atom. The Morgan fingerprint density at radius 2 is 2.43 bits per heavy atom. The number of hydrogen-bond acceptors (Lipinski definition) is 3. The minimum Gasteiger partial charge on any atom is -0.313 e. The number of hydrogen-bond donors (Lipinski definition) is 1. The number of thiophene rings is 1. The second-order valence-electron chi connectivity index (χ2n) is 3.89. The van der Waals surface area contributed by atoms with Gasteiger partial charge in [-0.25, -0.2) is 0 Å².